The third-order valence-electron chi connectivity index (χ3n) is 2.72. The summed E-state index contributed by atoms with van der Waals surface area (Å²) < 4.78 is 0. The van der Waals surface area contributed by atoms with Crippen molar-refractivity contribution in [3.05, 3.63) is 71.8 Å². The van der Waals surface area contributed by atoms with E-state index in [0.29, 0.717) is 0 Å². The molecule has 2 nitrogen and oxygen atoms in total. The van der Waals surface area contributed by atoms with Crippen LogP contribution < -0.4 is 0 Å². The lowest BCUT2D eigenvalue weighted by Gasteiger charge is -2.04. The van der Waals surface area contributed by atoms with E-state index in [1.54, 1.807) is 0 Å². The molecular formula is C15H15NO. The molecule has 0 saturated carbocycles. The number of aryl methyl sites for hydroxylation is 1. The van der Waals surface area contributed by atoms with Gasteiger partial charge in [-0.15, -0.1) is 0 Å². The van der Waals surface area contributed by atoms with E-state index < -0.39 is 0 Å². The maximum atomic E-state index is 9.05. The Morgan fingerprint density at radius 1 is 0.882 bits per heavy atom. The topological polar surface area (TPSA) is 32.6 Å². The standard InChI is InChI=1S/C15H15NO/c17-16-15(14-9-5-2-6-10-14)12-11-13-7-3-1-4-8-13/h1-10,17H,11-12H2/b16-15+. The number of oxime groups is 1. The van der Waals surface area contributed by atoms with E-state index in [2.05, 4.69) is 17.3 Å². The molecule has 0 bridgehead atoms. The largest absolute Gasteiger partial charge is 0.411 e. The zero-order valence-corrected chi connectivity index (χ0v) is 9.58. The summed E-state index contributed by atoms with van der Waals surface area (Å²) in [5, 5.41) is 12.4. The van der Waals surface area contributed by atoms with E-state index in [9.17, 15) is 0 Å². The van der Waals surface area contributed by atoms with Crippen molar-refractivity contribution in [2.24, 2.45) is 5.16 Å². The Kier molecular flexibility index (Phi) is 3.92. The SMILES string of the molecule is O/N=C(\CCc1ccccc1)c1ccccc1. The lowest BCUT2D eigenvalue weighted by Crippen LogP contribution is -2.02. The highest BCUT2D eigenvalue weighted by molar-refractivity contribution is 6.00. The van der Waals surface area contributed by atoms with E-state index in [-0.39, 0.29) is 0 Å². The first kappa shape index (κ1) is 11.4. The molecule has 2 aromatic rings. The van der Waals surface area contributed by atoms with Crippen LogP contribution in [-0.4, -0.2) is 10.9 Å². The fourth-order valence-corrected chi connectivity index (χ4v) is 1.79. The highest BCUT2D eigenvalue weighted by Crippen LogP contribution is 2.09. The monoisotopic (exact) mass is 225 g/mol. The van der Waals surface area contributed by atoms with Crippen molar-refractivity contribution in [3.8, 4) is 0 Å². The van der Waals surface area contributed by atoms with Crippen LogP contribution in [0, 0.1) is 0 Å². The minimum Gasteiger partial charge on any atom is -0.411 e. The van der Waals surface area contributed by atoms with E-state index in [4.69, 9.17) is 5.21 Å². The molecule has 0 fully saturated rings. The predicted octanol–water partition coefficient (Wildman–Crippen LogP) is 3.50. The molecule has 2 rings (SSSR count). The molecular weight excluding hydrogens is 210 g/mol. The molecule has 0 saturated heterocycles. The first-order valence-corrected chi connectivity index (χ1v) is 5.70. The molecule has 0 aromatic heterocycles. The molecule has 0 heterocycles. The summed E-state index contributed by atoms with van der Waals surface area (Å²) in [6.45, 7) is 0. The number of hydrogen-bond acceptors (Lipinski definition) is 2. The van der Waals surface area contributed by atoms with Gasteiger partial charge in [0.05, 0.1) is 5.71 Å². The van der Waals surface area contributed by atoms with Gasteiger partial charge in [-0.25, -0.2) is 0 Å². The zero-order chi connectivity index (χ0) is 11.9. The first-order chi connectivity index (χ1) is 8.40. The fraction of sp³-hybridized carbons (Fsp3) is 0.133. The Morgan fingerprint density at radius 3 is 2.06 bits per heavy atom. The minimum atomic E-state index is 0.731. The molecule has 17 heavy (non-hydrogen) atoms. The van der Waals surface area contributed by atoms with Crippen molar-refractivity contribution in [1.29, 1.82) is 0 Å². The van der Waals surface area contributed by atoms with Crippen LogP contribution in [0.15, 0.2) is 65.8 Å². The van der Waals surface area contributed by atoms with Gasteiger partial charge in [0.1, 0.15) is 0 Å². The van der Waals surface area contributed by atoms with Crippen LogP contribution in [0.2, 0.25) is 0 Å². The summed E-state index contributed by atoms with van der Waals surface area (Å²) in [6.07, 6.45) is 1.62. The minimum absolute atomic E-state index is 0.731. The van der Waals surface area contributed by atoms with Gasteiger partial charge in [-0.1, -0.05) is 65.8 Å². The summed E-state index contributed by atoms with van der Waals surface area (Å²) in [5.41, 5.74) is 2.96. The highest BCUT2D eigenvalue weighted by atomic mass is 16.4. The van der Waals surface area contributed by atoms with E-state index in [1.165, 1.54) is 5.56 Å². The molecule has 2 aromatic carbocycles. The maximum absolute atomic E-state index is 9.05. The van der Waals surface area contributed by atoms with Crippen LogP contribution in [0.1, 0.15) is 17.5 Å². The predicted molar refractivity (Wildman–Crippen MR) is 69.5 cm³/mol. The van der Waals surface area contributed by atoms with Crippen molar-refractivity contribution < 1.29 is 5.21 Å². The second-order valence-corrected chi connectivity index (χ2v) is 3.90. The third kappa shape index (κ3) is 3.18. The molecule has 0 atom stereocenters. The second-order valence-electron chi connectivity index (χ2n) is 3.90. The molecule has 0 aliphatic rings. The van der Waals surface area contributed by atoms with Crippen molar-refractivity contribution >= 4 is 5.71 Å². The van der Waals surface area contributed by atoms with Crippen molar-refractivity contribution in [2.45, 2.75) is 12.8 Å². The van der Waals surface area contributed by atoms with Crippen LogP contribution in [0.4, 0.5) is 0 Å². The maximum Gasteiger partial charge on any atom is 0.0871 e. The Morgan fingerprint density at radius 2 is 1.47 bits per heavy atom. The summed E-state index contributed by atoms with van der Waals surface area (Å²) in [6, 6.07) is 20.0. The fourth-order valence-electron chi connectivity index (χ4n) is 1.79. The summed E-state index contributed by atoms with van der Waals surface area (Å²) in [5.74, 6) is 0. The van der Waals surface area contributed by atoms with Gasteiger partial charge in [0.25, 0.3) is 0 Å². The average Bonchev–Trinajstić information content (AvgIpc) is 2.42. The van der Waals surface area contributed by atoms with E-state index >= 15 is 0 Å². The van der Waals surface area contributed by atoms with Gasteiger partial charge >= 0.3 is 0 Å². The number of rotatable bonds is 4. The molecule has 1 N–H and O–H groups in total. The van der Waals surface area contributed by atoms with Gasteiger partial charge in [0.15, 0.2) is 0 Å². The molecule has 0 aliphatic carbocycles. The van der Waals surface area contributed by atoms with Crippen molar-refractivity contribution in [1.82, 2.24) is 0 Å². The lowest BCUT2D eigenvalue weighted by molar-refractivity contribution is 0.318. The molecule has 0 spiro atoms. The van der Waals surface area contributed by atoms with Crippen LogP contribution in [0.3, 0.4) is 0 Å². The molecule has 0 unspecified atom stereocenters. The highest BCUT2D eigenvalue weighted by Gasteiger charge is 2.03. The Hall–Kier alpha value is -2.09. The smallest absolute Gasteiger partial charge is 0.0871 e. The van der Waals surface area contributed by atoms with E-state index in [0.717, 1.165) is 24.1 Å². The lowest BCUT2D eigenvalue weighted by atomic mass is 10.0. The molecule has 2 heteroatoms. The molecule has 0 amide bonds. The van der Waals surface area contributed by atoms with Gasteiger partial charge in [-0.3, -0.25) is 0 Å². The van der Waals surface area contributed by atoms with Crippen molar-refractivity contribution in [3.63, 3.8) is 0 Å². The number of benzene rings is 2. The van der Waals surface area contributed by atoms with Crippen LogP contribution >= 0.6 is 0 Å². The zero-order valence-electron chi connectivity index (χ0n) is 9.58. The summed E-state index contributed by atoms with van der Waals surface area (Å²) >= 11 is 0. The van der Waals surface area contributed by atoms with Crippen LogP contribution in [-0.2, 0) is 6.42 Å². The Balaban J connectivity index is 2.03. The number of hydrogen-bond donors (Lipinski definition) is 1. The van der Waals surface area contributed by atoms with Gasteiger partial charge in [0, 0.05) is 0 Å². The van der Waals surface area contributed by atoms with E-state index in [1.807, 2.05) is 48.5 Å². The molecule has 0 radical (unpaired) electrons. The van der Waals surface area contributed by atoms with Gasteiger partial charge in [-0.2, -0.15) is 0 Å². The molecule has 0 aliphatic heterocycles. The Labute approximate surface area is 101 Å². The quantitative estimate of drug-likeness (QED) is 0.482. The summed E-state index contributed by atoms with van der Waals surface area (Å²) in [4.78, 5) is 0. The van der Waals surface area contributed by atoms with Crippen molar-refractivity contribution in [2.75, 3.05) is 0 Å². The first-order valence-electron chi connectivity index (χ1n) is 5.70. The third-order valence-corrected chi connectivity index (χ3v) is 2.72. The Bertz CT molecular complexity index is 477. The van der Waals surface area contributed by atoms with Gasteiger partial charge < -0.3 is 5.21 Å². The normalized spacial score (nSPS) is 11.4. The number of nitrogens with zero attached hydrogens (tertiary/aromatic N) is 1. The van der Waals surface area contributed by atoms with Crippen LogP contribution in [0.25, 0.3) is 0 Å². The molecule has 86 valence electrons. The van der Waals surface area contributed by atoms with Gasteiger partial charge in [-0.05, 0) is 24.0 Å². The van der Waals surface area contributed by atoms with Gasteiger partial charge in [0.2, 0.25) is 0 Å². The van der Waals surface area contributed by atoms with Crippen LogP contribution in [0.5, 0.6) is 0 Å². The average molecular weight is 225 g/mol. The second kappa shape index (κ2) is 5.85. The summed E-state index contributed by atoms with van der Waals surface area (Å²) in [7, 11) is 0.